The molecular formula is C20H14ClN5O3S. The van der Waals surface area contributed by atoms with Crippen LogP contribution in [0.25, 0.3) is 10.2 Å². The molecule has 8 nitrogen and oxygen atoms in total. The lowest BCUT2D eigenvalue weighted by Gasteiger charge is -2.06. The van der Waals surface area contributed by atoms with Crippen molar-refractivity contribution in [2.75, 3.05) is 12.4 Å². The Labute approximate surface area is 179 Å². The van der Waals surface area contributed by atoms with Crippen LogP contribution in [0.4, 0.5) is 5.13 Å². The standard InChI is InChI=1S/C20H14ClN5O3S/c1-22-18(27)15-9-12(7-8-23-15)29-11-5-6-13-16(10-11)30-20(25-13)26-19(28)14-3-2-4-17(21)24-14/h2-10H,1H3,(H,22,27)(H,25,26,28). The van der Waals surface area contributed by atoms with Gasteiger partial charge in [-0.25, -0.2) is 9.97 Å². The summed E-state index contributed by atoms with van der Waals surface area (Å²) in [5.41, 5.74) is 1.17. The van der Waals surface area contributed by atoms with Crippen molar-refractivity contribution >= 4 is 50.1 Å². The van der Waals surface area contributed by atoms with Crippen LogP contribution >= 0.6 is 22.9 Å². The Morgan fingerprint density at radius 2 is 1.83 bits per heavy atom. The number of nitrogens with zero attached hydrogens (tertiary/aromatic N) is 3. The molecule has 0 aliphatic carbocycles. The van der Waals surface area contributed by atoms with E-state index in [-0.39, 0.29) is 22.4 Å². The molecule has 4 aromatic rings. The first kappa shape index (κ1) is 19.7. The normalized spacial score (nSPS) is 10.6. The number of anilines is 1. The molecule has 0 aliphatic rings. The van der Waals surface area contributed by atoms with E-state index < -0.39 is 5.91 Å². The minimum atomic E-state index is -0.397. The molecule has 3 heterocycles. The molecule has 0 saturated carbocycles. The Bertz CT molecular complexity index is 1260. The predicted molar refractivity (Wildman–Crippen MR) is 115 cm³/mol. The molecule has 150 valence electrons. The third-order valence-corrected chi connectivity index (χ3v) is 5.10. The summed E-state index contributed by atoms with van der Waals surface area (Å²) in [7, 11) is 1.54. The summed E-state index contributed by atoms with van der Waals surface area (Å²) in [5, 5.41) is 5.91. The monoisotopic (exact) mass is 439 g/mol. The van der Waals surface area contributed by atoms with Crippen LogP contribution in [-0.4, -0.2) is 33.8 Å². The third kappa shape index (κ3) is 4.37. The maximum atomic E-state index is 12.3. The first-order valence-corrected chi connectivity index (χ1v) is 9.92. The number of carbonyl (C=O) groups is 2. The van der Waals surface area contributed by atoms with Gasteiger partial charge in [0.05, 0.1) is 10.2 Å². The average molecular weight is 440 g/mol. The molecule has 0 spiro atoms. The fourth-order valence-corrected chi connectivity index (χ4v) is 3.63. The smallest absolute Gasteiger partial charge is 0.276 e. The number of carbonyl (C=O) groups excluding carboxylic acids is 2. The maximum absolute atomic E-state index is 12.3. The van der Waals surface area contributed by atoms with Crippen molar-refractivity contribution in [1.29, 1.82) is 0 Å². The molecule has 0 atom stereocenters. The second-order valence-electron chi connectivity index (χ2n) is 6.01. The lowest BCUT2D eigenvalue weighted by atomic mass is 10.3. The van der Waals surface area contributed by atoms with Gasteiger partial charge in [-0.05, 0) is 30.3 Å². The van der Waals surface area contributed by atoms with E-state index in [1.807, 2.05) is 0 Å². The van der Waals surface area contributed by atoms with Gasteiger partial charge in [-0.2, -0.15) is 0 Å². The molecule has 30 heavy (non-hydrogen) atoms. The number of fused-ring (bicyclic) bond motifs is 1. The molecule has 0 unspecified atom stereocenters. The van der Waals surface area contributed by atoms with E-state index in [9.17, 15) is 9.59 Å². The minimum Gasteiger partial charge on any atom is -0.457 e. The van der Waals surface area contributed by atoms with Crippen LogP contribution < -0.4 is 15.4 Å². The lowest BCUT2D eigenvalue weighted by molar-refractivity contribution is 0.0957. The van der Waals surface area contributed by atoms with E-state index in [0.717, 1.165) is 4.70 Å². The number of nitrogens with one attached hydrogen (secondary N) is 2. The third-order valence-electron chi connectivity index (χ3n) is 3.95. The van der Waals surface area contributed by atoms with E-state index in [4.69, 9.17) is 16.3 Å². The number of benzene rings is 1. The summed E-state index contributed by atoms with van der Waals surface area (Å²) >= 11 is 7.13. The van der Waals surface area contributed by atoms with Crippen molar-refractivity contribution < 1.29 is 14.3 Å². The summed E-state index contributed by atoms with van der Waals surface area (Å²) in [5.74, 6) is 0.349. The number of ether oxygens (including phenoxy) is 1. The van der Waals surface area contributed by atoms with Crippen molar-refractivity contribution in [2.45, 2.75) is 0 Å². The molecular weight excluding hydrogens is 426 g/mol. The summed E-state index contributed by atoms with van der Waals surface area (Å²) < 4.78 is 6.66. The molecule has 0 saturated heterocycles. The zero-order valence-corrected chi connectivity index (χ0v) is 17.1. The topological polar surface area (TPSA) is 106 Å². The molecule has 4 rings (SSSR count). The summed E-state index contributed by atoms with van der Waals surface area (Å²) in [4.78, 5) is 36.5. The highest BCUT2D eigenvalue weighted by Gasteiger charge is 2.13. The van der Waals surface area contributed by atoms with Crippen molar-refractivity contribution in [3.05, 3.63) is 71.3 Å². The summed E-state index contributed by atoms with van der Waals surface area (Å²) in [6, 6.07) is 13.4. The Morgan fingerprint density at radius 3 is 2.63 bits per heavy atom. The van der Waals surface area contributed by atoms with Gasteiger partial charge in [0, 0.05) is 25.4 Å². The predicted octanol–water partition coefficient (Wildman–Crippen LogP) is 4.14. The number of rotatable bonds is 5. The number of hydrogen-bond donors (Lipinski definition) is 2. The SMILES string of the molecule is CNC(=O)c1cc(Oc2ccc3nc(NC(=O)c4cccc(Cl)n4)sc3c2)ccn1. The van der Waals surface area contributed by atoms with E-state index in [1.54, 1.807) is 48.5 Å². The summed E-state index contributed by atoms with van der Waals surface area (Å²) in [6.45, 7) is 0. The molecule has 0 aliphatic heterocycles. The summed E-state index contributed by atoms with van der Waals surface area (Å²) in [6.07, 6.45) is 1.50. The zero-order chi connectivity index (χ0) is 21.1. The fourth-order valence-electron chi connectivity index (χ4n) is 2.58. The first-order valence-electron chi connectivity index (χ1n) is 8.72. The maximum Gasteiger partial charge on any atom is 0.276 e. The van der Waals surface area contributed by atoms with E-state index in [1.165, 1.54) is 24.6 Å². The van der Waals surface area contributed by atoms with E-state index in [0.29, 0.717) is 22.1 Å². The molecule has 0 radical (unpaired) electrons. The van der Waals surface area contributed by atoms with Crippen LogP contribution in [0.15, 0.2) is 54.7 Å². The Hall–Kier alpha value is -3.56. The van der Waals surface area contributed by atoms with Crippen LogP contribution in [0.3, 0.4) is 0 Å². The minimum absolute atomic E-state index is 0.204. The van der Waals surface area contributed by atoms with E-state index >= 15 is 0 Å². The largest absolute Gasteiger partial charge is 0.457 e. The molecule has 0 fully saturated rings. The van der Waals surface area contributed by atoms with Crippen LogP contribution in [-0.2, 0) is 0 Å². The highest BCUT2D eigenvalue weighted by atomic mass is 35.5. The lowest BCUT2D eigenvalue weighted by Crippen LogP contribution is -2.18. The van der Waals surface area contributed by atoms with Crippen molar-refractivity contribution in [1.82, 2.24) is 20.3 Å². The van der Waals surface area contributed by atoms with E-state index in [2.05, 4.69) is 25.6 Å². The molecule has 3 aromatic heterocycles. The number of thiazole rings is 1. The van der Waals surface area contributed by atoms with Gasteiger partial charge in [0.1, 0.15) is 28.0 Å². The van der Waals surface area contributed by atoms with Gasteiger partial charge >= 0.3 is 0 Å². The molecule has 10 heteroatoms. The number of hydrogen-bond acceptors (Lipinski definition) is 7. The number of amides is 2. The first-order chi connectivity index (χ1) is 14.5. The van der Waals surface area contributed by atoms with Crippen LogP contribution in [0.5, 0.6) is 11.5 Å². The second-order valence-corrected chi connectivity index (χ2v) is 7.42. The van der Waals surface area contributed by atoms with Gasteiger partial charge in [0.15, 0.2) is 5.13 Å². The van der Waals surface area contributed by atoms with Gasteiger partial charge in [-0.1, -0.05) is 29.0 Å². The molecule has 2 amide bonds. The van der Waals surface area contributed by atoms with Crippen LogP contribution in [0.2, 0.25) is 5.15 Å². The average Bonchev–Trinajstić information content (AvgIpc) is 3.14. The quantitative estimate of drug-likeness (QED) is 0.452. The molecule has 2 N–H and O–H groups in total. The molecule has 1 aromatic carbocycles. The van der Waals surface area contributed by atoms with Crippen LogP contribution in [0, 0.1) is 0 Å². The highest BCUT2D eigenvalue weighted by Crippen LogP contribution is 2.31. The molecule has 0 bridgehead atoms. The van der Waals surface area contributed by atoms with Gasteiger partial charge in [-0.15, -0.1) is 0 Å². The van der Waals surface area contributed by atoms with Crippen molar-refractivity contribution in [3.8, 4) is 11.5 Å². The van der Waals surface area contributed by atoms with Gasteiger partial charge in [0.25, 0.3) is 11.8 Å². The second kappa shape index (κ2) is 8.44. The fraction of sp³-hybridized carbons (Fsp3) is 0.0500. The van der Waals surface area contributed by atoms with Gasteiger partial charge < -0.3 is 10.1 Å². The highest BCUT2D eigenvalue weighted by molar-refractivity contribution is 7.22. The Kier molecular flexibility index (Phi) is 5.55. The van der Waals surface area contributed by atoms with Crippen molar-refractivity contribution in [2.24, 2.45) is 0 Å². The number of pyridine rings is 2. The number of aromatic nitrogens is 3. The van der Waals surface area contributed by atoms with Crippen molar-refractivity contribution in [3.63, 3.8) is 0 Å². The van der Waals surface area contributed by atoms with Gasteiger partial charge in [-0.3, -0.25) is 19.9 Å². The van der Waals surface area contributed by atoms with Gasteiger partial charge in [0.2, 0.25) is 0 Å². The Balaban J connectivity index is 1.53. The number of halogens is 1. The Morgan fingerprint density at radius 1 is 1.00 bits per heavy atom. The zero-order valence-electron chi connectivity index (χ0n) is 15.5. The van der Waals surface area contributed by atoms with Crippen LogP contribution in [0.1, 0.15) is 21.0 Å².